The topological polar surface area (TPSA) is 77.0 Å². The fourth-order valence-corrected chi connectivity index (χ4v) is 2.47. The van der Waals surface area contributed by atoms with E-state index >= 15 is 0 Å². The molecule has 0 spiro atoms. The van der Waals surface area contributed by atoms with Gasteiger partial charge in [-0.15, -0.1) is 0 Å². The summed E-state index contributed by atoms with van der Waals surface area (Å²) in [5.41, 5.74) is 4.92. The molecule has 0 saturated carbocycles. The molecule has 0 radical (unpaired) electrons. The second kappa shape index (κ2) is 7.77. The van der Waals surface area contributed by atoms with Gasteiger partial charge in [-0.2, -0.15) is 30.0 Å². The van der Waals surface area contributed by atoms with Gasteiger partial charge in [-0.05, 0) is 30.5 Å². The molecule has 0 fully saturated rings. The zero-order valence-electron chi connectivity index (χ0n) is 13.7. The molecule has 10 heteroatoms. The molecule has 0 aliphatic rings. The van der Waals surface area contributed by atoms with Gasteiger partial charge >= 0.3 is 12.2 Å². The quantitative estimate of drug-likeness (QED) is 0.845. The van der Waals surface area contributed by atoms with Gasteiger partial charge in [0.1, 0.15) is 0 Å². The van der Waals surface area contributed by atoms with Gasteiger partial charge in [-0.25, -0.2) is 14.5 Å². The first-order valence-corrected chi connectivity index (χ1v) is 8.73. The average Bonchev–Trinajstić information content (AvgIpc) is 2.94. The monoisotopic (exact) mass is 373 g/mol. The summed E-state index contributed by atoms with van der Waals surface area (Å²) in [6.45, 7) is 0.0998. The largest absolute Gasteiger partial charge is 0.416 e. The van der Waals surface area contributed by atoms with E-state index in [4.69, 9.17) is 5.73 Å². The summed E-state index contributed by atoms with van der Waals surface area (Å²) in [5.74, 6) is 1.79. The molecule has 2 N–H and O–H groups in total. The molecule has 6 nitrogen and oxygen atoms in total. The lowest BCUT2D eigenvalue weighted by Crippen LogP contribution is -2.32. The Morgan fingerprint density at radius 3 is 2.48 bits per heavy atom. The highest BCUT2D eigenvalue weighted by molar-refractivity contribution is 7.98. The van der Waals surface area contributed by atoms with Crippen LogP contribution in [0.5, 0.6) is 0 Å². The van der Waals surface area contributed by atoms with E-state index in [0.717, 1.165) is 17.9 Å². The maximum Gasteiger partial charge on any atom is 0.416 e. The molecule has 1 heterocycles. The Morgan fingerprint density at radius 2 is 1.96 bits per heavy atom. The number of carbonyl (C=O) groups is 1. The van der Waals surface area contributed by atoms with Crippen molar-refractivity contribution in [1.82, 2.24) is 19.7 Å². The van der Waals surface area contributed by atoms with Gasteiger partial charge in [0.15, 0.2) is 11.6 Å². The Bertz CT molecular complexity index is 730. The SMILES string of the molecule is CSCCc1nc(CN(C)C(N)=O)n(-c2ccc(C(F)(F)F)cc2)n1. The summed E-state index contributed by atoms with van der Waals surface area (Å²) in [4.78, 5) is 16.9. The maximum atomic E-state index is 12.7. The van der Waals surface area contributed by atoms with E-state index in [1.54, 1.807) is 11.8 Å². The Morgan fingerprint density at radius 1 is 1.32 bits per heavy atom. The van der Waals surface area contributed by atoms with E-state index in [1.165, 1.54) is 28.8 Å². The first-order chi connectivity index (χ1) is 11.7. The van der Waals surface area contributed by atoms with E-state index in [1.807, 2.05) is 6.26 Å². The van der Waals surface area contributed by atoms with Gasteiger partial charge in [-0.3, -0.25) is 0 Å². The maximum absolute atomic E-state index is 12.7. The zero-order chi connectivity index (χ0) is 18.6. The normalized spacial score (nSPS) is 11.6. The van der Waals surface area contributed by atoms with Crippen LogP contribution in [-0.4, -0.2) is 44.8 Å². The molecule has 0 atom stereocenters. The number of benzene rings is 1. The van der Waals surface area contributed by atoms with Crippen LogP contribution in [-0.2, 0) is 19.1 Å². The van der Waals surface area contributed by atoms with Crippen LogP contribution < -0.4 is 5.73 Å². The fourth-order valence-electron chi connectivity index (χ4n) is 2.08. The molecule has 25 heavy (non-hydrogen) atoms. The van der Waals surface area contributed by atoms with Crippen molar-refractivity contribution < 1.29 is 18.0 Å². The van der Waals surface area contributed by atoms with Crippen LogP contribution in [0.1, 0.15) is 17.2 Å². The van der Waals surface area contributed by atoms with E-state index in [9.17, 15) is 18.0 Å². The summed E-state index contributed by atoms with van der Waals surface area (Å²) in [6.07, 6.45) is -1.84. The highest BCUT2D eigenvalue weighted by Gasteiger charge is 2.30. The van der Waals surface area contributed by atoms with Gasteiger partial charge in [0.25, 0.3) is 0 Å². The first-order valence-electron chi connectivity index (χ1n) is 7.34. The van der Waals surface area contributed by atoms with E-state index in [0.29, 0.717) is 23.8 Å². The number of rotatable bonds is 6. The number of nitrogens with two attached hydrogens (primary N) is 1. The summed E-state index contributed by atoms with van der Waals surface area (Å²) in [7, 11) is 1.51. The number of amides is 2. The van der Waals surface area contributed by atoms with Crippen LogP contribution in [0.3, 0.4) is 0 Å². The van der Waals surface area contributed by atoms with Crippen LogP contribution in [0.25, 0.3) is 5.69 Å². The number of thioether (sulfide) groups is 1. The number of alkyl halides is 3. The molecule has 0 saturated heterocycles. The molecule has 1 aromatic heterocycles. The minimum atomic E-state index is -4.40. The summed E-state index contributed by atoms with van der Waals surface area (Å²) in [6, 6.07) is 3.99. The number of carbonyl (C=O) groups excluding carboxylic acids is 1. The van der Waals surface area contributed by atoms with Crippen molar-refractivity contribution in [2.75, 3.05) is 19.1 Å². The van der Waals surface area contributed by atoms with Gasteiger partial charge in [0.2, 0.25) is 0 Å². The van der Waals surface area contributed by atoms with Gasteiger partial charge < -0.3 is 10.6 Å². The lowest BCUT2D eigenvalue weighted by Gasteiger charge is -2.14. The number of halogens is 3. The van der Waals surface area contributed by atoms with Crippen molar-refractivity contribution in [3.05, 3.63) is 41.5 Å². The molecular formula is C15H18F3N5OS. The number of aryl methyl sites for hydroxylation is 1. The first kappa shape index (κ1) is 19.1. The van der Waals surface area contributed by atoms with Crippen molar-refractivity contribution in [2.24, 2.45) is 5.73 Å². The second-order valence-corrected chi connectivity index (χ2v) is 6.32. The molecule has 0 unspecified atom stereocenters. The number of primary amides is 1. The lowest BCUT2D eigenvalue weighted by atomic mass is 10.2. The second-order valence-electron chi connectivity index (χ2n) is 5.34. The molecule has 1 aromatic carbocycles. The average molecular weight is 373 g/mol. The van der Waals surface area contributed by atoms with Crippen LogP contribution in [0, 0.1) is 0 Å². The van der Waals surface area contributed by atoms with Gasteiger partial charge in [0.05, 0.1) is 17.8 Å². The van der Waals surface area contributed by atoms with Crippen molar-refractivity contribution in [3.8, 4) is 5.69 Å². The molecule has 0 aliphatic carbocycles. The Labute approximate surface area is 147 Å². The van der Waals surface area contributed by atoms with Crippen molar-refractivity contribution in [3.63, 3.8) is 0 Å². The molecule has 2 aromatic rings. The fraction of sp³-hybridized carbons (Fsp3) is 0.400. The molecule has 136 valence electrons. The highest BCUT2D eigenvalue weighted by atomic mass is 32.2. The van der Waals surface area contributed by atoms with Crippen molar-refractivity contribution in [2.45, 2.75) is 19.1 Å². The number of urea groups is 1. The number of hydrogen-bond donors (Lipinski definition) is 1. The number of nitrogens with zero attached hydrogens (tertiary/aromatic N) is 4. The predicted molar refractivity (Wildman–Crippen MR) is 89.5 cm³/mol. The molecular weight excluding hydrogens is 355 g/mol. The molecule has 2 rings (SSSR count). The van der Waals surface area contributed by atoms with Crippen LogP contribution in [0.15, 0.2) is 24.3 Å². The minimum Gasteiger partial charge on any atom is -0.351 e. The zero-order valence-corrected chi connectivity index (χ0v) is 14.6. The molecule has 0 aliphatic heterocycles. The predicted octanol–water partition coefficient (Wildman–Crippen LogP) is 2.70. The Kier molecular flexibility index (Phi) is 5.93. The van der Waals surface area contributed by atoms with E-state index in [-0.39, 0.29) is 6.54 Å². The minimum absolute atomic E-state index is 0.0998. The van der Waals surface area contributed by atoms with Crippen molar-refractivity contribution in [1.29, 1.82) is 0 Å². The van der Waals surface area contributed by atoms with Crippen LogP contribution >= 0.6 is 11.8 Å². The smallest absolute Gasteiger partial charge is 0.351 e. The summed E-state index contributed by atoms with van der Waals surface area (Å²) < 4.78 is 39.6. The highest BCUT2D eigenvalue weighted by Crippen LogP contribution is 2.29. The third-order valence-corrected chi connectivity index (χ3v) is 4.05. The van der Waals surface area contributed by atoms with E-state index < -0.39 is 17.8 Å². The van der Waals surface area contributed by atoms with Crippen LogP contribution in [0.2, 0.25) is 0 Å². The Balaban J connectivity index is 2.36. The number of aromatic nitrogens is 3. The number of hydrogen-bond acceptors (Lipinski definition) is 4. The Hall–Kier alpha value is -2.23. The van der Waals surface area contributed by atoms with Gasteiger partial charge in [0, 0.05) is 19.2 Å². The van der Waals surface area contributed by atoms with Gasteiger partial charge in [-0.1, -0.05) is 0 Å². The van der Waals surface area contributed by atoms with E-state index in [2.05, 4.69) is 10.1 Å². The lowest BCUT2D eigenvalue weighted by molar-refractivity contribution is -0.137. The van der Waals surface area contributed by atoms with Crippen LogP contribution in [0.4, 0.5) is 18.0 Å². The summed E-state index contributed by atoms with van der Waals surface area (Å²) in [5, 5.41) is 4.35. The van der Waals surface area contributed by atoms with Crippen molar-refractivity contribution >= 4 is 17.8 Å². The third kappa shape index (κ3) is 4.88. The standard InChI is InChI=1S/C15H18F3N5OS/c1-22(14(19)24)9-13-20-12(7-8-25-2)21-23(13)11-5-3-10(4-6-11)15(16,17)18/h3-6H,7-9H2,1-2H3,(H2,19,24). The molecule has 0 bridgehead atoms. The third-order valence-electron chi connectivity index (χ3n) is 3.44. The molecule has 2 amide bonds. The summed E-state index contributed by atoms with van der Waals surface area (Å²) >= 11 is 1.63.